The van der Waals surface area contributed by atoms with Gasteiger partial charge in [0, 0.05) is 9.13 Å². The van der Waals surface area contributed by atoms with E-state index in [1.165, 1.54) is 0 Å². The molecule has 1 unspecified atom stereocenters. The molecule has 1 aromatic carbocycles. The average molecular weight is 394 g/mol. The standard InChI is InChI=1S/C7H5ClI2O/c8-7(10,11)5-3-1-2-4-6(5)9/h1-4,11H. The summed E-state index contributed by atoms with van der Waals surface area (Å²) in [7, 11) is 0. The van der Waals surface area contributed by atoms with Gasteiger partial charge in [-0.15, -0.1) is 0 Å². The molecule has 0 radical (unpaired) electrons. The van der Waals surface area contributed by atoms with Crippen LogP contribution in [0.5, 0.6) is 0 Å². The van der Waals surface area contributed by atoms with Crippen LogP contribution in [0.2, 0.25) is 0 Å². The van der Waals surface area contributed by atoms with E-state index < -0.39 is 3.07 Å². The minimum atomic E-state index is -1.28. The zero-order chi connectivity index (χ0) is 8.48. The lowest BCUT2D eigenvalue weighted by Crippen LogP contribution is -2.08. The summed E-state index contributed by atoms with van der Waals surface area (Å²) in [6.07, 6.45) is 0. The fourth-order valence-electron chi connectivity index (χ4n) is 0.705. The molecule has 0 spiro atoms. The summed E-state index contributed by atoms with van der Waals surface area (Å²) in [5.41, 5.74) is 0.739. The quantitative estimate of drug-likeness (QED) is 0.574. The molecule has 0 heterocycles. The van der Waals surface area contributed by atoms with Gasteiger partial charge in [0.1, 0.15) is 0 Å². The molecule has 0 saturated carbocycles. The normalized spacial score (nSPS) is 16.0. The molecule has 60 valence electrons. The second-order valence-corrected chi connectivity index (χ2v) is 5.93. The van der Waals surface area contributed by atoms with E-state index in [2.05, 4.69) is 22.6 Å². The average Bonchev–Trinajstić information content (AvgIpc) is 1.86. The Labute approximate surface area is 97.4 Å². The molecule has 0 fully saturated rings. The van der Waals surface area contributed by atoms with Gasteiger partial charge in [-0.2, -0.15) is 0 Å². The van der Waals surface area contributed by atoms with Crippen molar-refractivity contribution in [3.8, 4) is 0 Å². The van der Waals surface area contributed by atoms with Crippen LogP contribution in [0.25, 0.3) is 0 Å². The van der Waals surface area contributed by atoms with Gasteiger partial charge in [-0.3, -0.25) is 0 Å². The van der Waals surface area contributed by atoms with E-state index in [0.29, 0.717) is 0 Å². The third kappa shape index (κ3) is 2.71. The van der Waals surface area contributed by atoms with Crippen molar-refractivity contribution in [3.05, 3.63) is 33.4 Å². The van der Waals surface area contributed by atoms with Gasteiger partial charge in [0.25, 0.3) is 0 Å². The fraction of sp³-hybridized carbons (Fsp3) is 0.143. The van der Waals surface area contributed by atoms with Crippen LogP contribution in [0.15, 0.2) is 24.3 Å². The van der Waals surface area contributed by atoms with Crippen molar-refractivity contribution in [1.82, 2.24) is 0 Å². The van der Waals surface area contributed by atoms with Crippen LogP contribution >= 0.6 is 56.8 Å². The first-order chi connectivity index (χ1) is 5.02. The Hall–Kier alpha value is 0.930. The summed E-state index contributed by atoms with van der Waals surface area (Å²) in [5.74, 6) is 0. The van der Waals surface area contributed by atoms with E-state index in [0.717, 1.165) is 9.13 Å². The maximum absolute atomic E-state index is 9.42. The molecule has 1 nitrogen and oxygen atoms in total. The molecule has 0 aliphatic rings. The maximum atomic E-state index is 9.42. The topological polar surface area (TPSA) is 20.2 Å². The van der Waals surface area contributed by atoms with Crippen molar-refractivity contribution in [2.45, 2.75) is 3.07 Å². The van der Waals surface area contributed by atoms with Crippen molar-refractivity contribution in [2.24, 2.45) is 0 Å². The smallest absolute Gasteiger partial charge is 0.217 e. The number of alkyl halides is 2. The summed E-state index contributed by atoms with van der Waals surface area (Å²) < 4.78 is -0.313. The highest BCUT2D eigenvalue weighted by atomic mass is 127. The highest BCUT2D eigenvalue weighted by molar-refractivity contribution is 14.1. The van der Waals surface area contributed by atoms with E-state index in [1.54, 1.807) is 28.7 Å². The molecular formula is C7H5ClI2O. The van der Waals surface area contributed by atoms with Crippen LogP contribution in [0.3, 0.4) is 0 Å². The summed E-state index contributed by atoms with van der Waals surface area (Å²) in [5, 5.41) is 9.42. The van der Waals surface area contributed by atoms with Gasteiger partial charge < -0.3 is 5.11 Å². The van der Waals surface area contributed by atoms with Crippen LogP contribution < -0.4 is 0 Å². The SMILES string of the molecule is OC(Cl)(I)c1ccccc1I. The molecule has 0 aromatic heterocycles. The van der Waals surface area contributed by atoms with Gasteiger partial charge in [0.15, 0.2) is 0 Å². The van der Waals surface area contributed by atoms with Crippen molar-refractivity contribution in [3.63, 3.8) is 0 Å². The first-order valence-corrected chi connectivity index (χ1v) is 5.40. The molecule has 4 heteroatoms. The summed E-state index contributed by atoms with van der Waals surface area (Å²) in [4.78, 5) is 0. The highest BCUT2D eigenvalue weighted by Crippen LogP contribution is 2.35. The number of halogens is 3. The second kappa shape index (κ2) is 3.76. The van der Waals surface area contributed by atoms with E-state index in [-0.39, 0.29) is 0 Å². The van der Waals surface area contributed by atoms with E-state index in [4.69, 9.17) is 11.6 Å². The number of aliphatic hydroxyl groups is 1. The Morgan fingerprint density at radius 1 is 1.36 bits per heavy atom. The highest BCUT2D eigenvalue weighted by Gasteiger charge is 2.23. The maximum Gasteiger partial charge on any atom is 0.217 e. The van der Waals surface area contributed by atoms with Crippen molar-refractivity contribution in [1.29, 1.82) is 0 Å². The van der Waals surface area contributed by atoms with Crippen LogP contribution in [0, 0.1) is 3.57 Å². The predicted molar refractivity (Wildman–Crippen MR) is 62.9 cm³/mol. The lowest BCUT2D eigenvalue weighted by Gasteiger charge is -2.13. The molecule has 11 heavy (non-hydrogen) atoms. The monoisotopic (exact) mass is 394 g/mol. The van der Waals surface area contributed by atoms with E-state index in [9.17, 15) is 5.11 Å². The zero-order valence-electron chi connectivity index (χ0n) is 5.39. The largest absolute Gasteiger partial charge is 0.363 e. The Balaban J connectivity index is 3.14. The Bertz CT molecular complexity index is 257. The molecule has 0 saturated heterocycles. The van der Waals surface area contributed by atoms with Crippen molar-refractivity contribution >= 4 is 56.8 Å². The van der Waals surface area contributed by atoms with Crippen molar-refractivity contribution < 1.29 is 5.11 Å². The second-order valence-electron chi connectivity index (χ2n) is 2.02. The predicted octanol–water partition coefficient (Wildman–Crippen LogP) is 3.07. The molecule has 1 rings (SSSR count). The molecule has 1 atom stereocenters. The van der Waals surface area contributed by atoms with Gasteiger partial charge >= 0.3 is 0 Å². The first-order valence-electron chi connectivity index (χ1n) is 2.87. The van der Waals surface area contributed by atoms with Crippen LogP contribution in [-0.4, -0.2) is 5.11 Å². The van der Waals surface area contributed by atoms with Crippen LogP contribution in [0.1, 0.15) is 5.56 Å². The molecular weight excluding hydrogens is 389 g/mol. The van der Waals surface area contributed by atoms with Crippen molar-refractivity contribution in [2.75, 3.05) is 0 Å². The van der Waals surface area contributed by atoms with Gasteiger partial charge in [0.2, 0.25) is 3.07 Å². The minimum absolute atomic E-state index is 0.739. The molecule has 0 amide bonds. The zero-order valence-corrected chi connectivity index (χ0v) is 10.5. The minimum Gasteiger partial charge on any atom is -0.363 e. The summed E-state index contributed by atoms with van der Waals surface area (Å²) in [6, 6.07) is 7.47. The van der Waals surface area contributed by atoms with E-state index in [1.807, 2.05) is 18.2 Å². The number of hydrogen-bond donors (Lipinski definition) is 1. The Kier molecular flexibility index (Phi) is 3.42. The van der Waals surface area contributed by atoms with E-state index >= 15 is 0 Å². The third-order valence-electron chi connectivity index (χ3n) is 1.20. The molecule has 0 aliphatic carbocycles. The third-order valence-corrected chi connectivity index (χ3v) is 2.92. The number of rotatable bonds is 1. The Morgan fingerprint density at radius 3 is 2.27 bits per heavy atom. The molecule has 0 bridgehead atoms. The first kappa shape index (κ1) is 10.0. The van der Waals surface area contributed by atoms with Crippen LogP contribution in [0.4, 0.5) is 0 Å². The molecule has 1 N–H and O–H groups in total. The lowest BCUT2D eigenvalue weighted by molar-refractivity contribution is 0.243. The van der Waals surface area contributed by atoms with Gasteiger partial charge in [-0.1, -0.05) is 29.8 Å². The fourth-order valence-corrected chi connectivity index (χ4v) is 2.79. The summed E-state index contributed by atoms with van der Waals surface area (Å²) >= 11 is 9.62. The molecule has 1 aromatic rings. The lowest BCUT2D eigenvalue weighted by atomic mass is 10.2. The number of benzene rings is 1. The van der Waals surface area contributed by atoms with Gasteiger partial charge in [0.05, 0.1) is 0 Å². The summed E-state index contributed by atoms with van der Waals surface area (Å²) in [6.45, 7) is 0. The van der Waals surface area contributed by atoms with Gasteiger partial charge in [-0.05, 0) is 51.2 Å². The number of hydrogen-bond acceptors (Lipinski definition) is 1. The Morgan fingerprint density at radius 2 is 1.91 bits per heavy atom. The van der Waals surface area contributed by atoms with Gasteiger partial charge in [-0.25, -0.2) is 0 Å². The van der Waals surface area contributed by atoms with Crippen LogP contribution in [-0.2, 0) is 3.07 Å². The molecule has 0 aliphatic heterocycles.